The number of hydrogen-bond acceptors (Lipinski definition) is 3. The van der Waals surface area contributed by atoms with Crippen molar-refractivity contribution in [1.82, 2.24) is 0 Å². The van der Waals surface area contributed by atoms with Crippen LogP contribution in [0.3, 0.4) is 0 Å². The molecule has 1 atom stereocenters. The van der Waals surface area contributed by atoms with Crippen LogP contribution in [-0.4, -0.2) is 25.5 Å². The van der Waals surface area contributed by atoms with E-state index in [-0.39, 0.29) is 5.78 Å². The molecule has 0 aliphatic heterocycles. The minimum Gasteiger partial charge on any atom is -0.385 e. The van der Waals surface area contributed by atoms with Crippen LogP contribution in [0.5, 0.6) is 0 Å². The van der Waals surface area contributed by atoms with Gasteiger partial charge in [-0.3, -0.25) is 4.79 Å². The van der Waals surface area contributed by atoms with E-state index in [1.165, 1.54) is 5.56 Å². The number of hydrogen-bond donors (Lipinski definition) is 1. The van der Waals surface area contributed by atoms with E-state index in [4.69, 9.17) is 10.5 Å². The first-order valence-electron chi connectivity index (χ1n) is 6.45. The number of ether oxygens (including phenoxy) is 1. The lowest BCUT2D eigenvalue weighted by molar-refractivity contribution is 0.0950. The molecule has 0 heterocycles. The molecule has 0 bridgehead atoms. The summed E-state index contributed by atoms with van der Waals surface area (Å²) < 4.78 is 4.95. The molecular weight excluding hydrogens is 226 g/mol. The van der Waals surface area contributed by atoms with Crippen molar-refractivity contribution >= 4 is 5.78 Å². The molecule has 0 spiro atoms. The van der Waals surface area contributed by atoms with E-state index in [0.29, 0.717) is 24.5 Å². The van der Waals surface area contributed by atoms with Crippen molar-refractivity contribution in [1.29, 1.82) is 0 Å². The number of carbonyl (C=O) groups excluding carboxylic acids is 1. The molecule has 0 radical (unpaired) electrons. The van der Waals surface area contributed by atoms with Crippen molar-refractivity contribution in [2.45, 2.75) is 38.6 Å². The van der Waals surface area contributed by atoms with Crippen LogP contribution in [0.15, 0.2) is 24.3 Å². The molecule has 3 nitrogen and oxygen atoms in total. The summed E-state index contributed by atoms with van der Waals surface area (Å²) in [4.78, 5) is 12.1. The Bertz CT molecular complexity index is 371. The summed E-state index contributed by atoms with van der Waals surface area (Å²) in [6.07, 6.45) is 1.48. The number of carbonyl (C=O) groups is 1. The Labute approximate surface area is 109 Å². The van der Waals surface area contributed by atoms with Gasteiger partial charge < -0.3 is 10.5 Å². The highest BCUT2D eigenvalue weighted by molar-refractivity contribution is 5.99. The van der Waals surface area contributed by atoms with Gasteiger partial charge in [-0.25, -0.2) is 0 Å². The van der Waals surface area contributed by atoms with Gasteiger partial charge in [0.05, 0.1) is 6.04 Å². The average Bonchev–Trinajstić information content (AvgIpc) is 2.38. The normalized spacial score (nSPS) is 12.7. The van der Waals surface area contributed by atoms with E-state index in [0.717, 1.165) is 6.42 Å². The molecule has 1 aromatic carbocycles. The van der Waals surface area contributed by atoms with Crippen LogP contribution in [0.4, 0.5) is 0 Å². The summed E-state index contributed by atoms with van der Waals surface area (Å²) in [7, 11) is 1.65. The standard InChI is InChI=1S/C15H23NO2/c1-11(2)12-6-8-13(9-7-12)15(17)14(16)5-4-10-18-3/h6-9,11,14H,4-5,10,16H2,1-3H3. The van der Waals surface area contributed by atoms with E-state index in [9.17, 15) is 4.79 Å². The predicted molar refractivity (Wildman–Crippen MR) is 73.9 cm³/mol. The monoisotopic (exact) mass is 249 g/mol. The predicted octanol–water partition coefficient (Wildman–Crippen LogP) is 2.75. The molecule has 0 saturated carbocycles. The third-order valence-electron chi connectivity index (χ3n) is 3.06. The zero-order chi connectivity index (χ0) is 13.5. The topological polar surface area (TPSA) is 52.3 Å². The highest BCUT2D eigenvalue weighted by atomic mass is 16.5. The van der Waals surface area contributed by atoms with Gasteiger partial charge in [0.2, 0.25) is 0 Å². The lowest BCUT2D eigenvalue weighted by Crippen LogP contribution is -2.30. The third kappa shape index (κ3) is 4.24. The molecule has 2 N–H and O–H groups in total. The largest absolute Gasteiger partial charge is 0.385 e. The van der Waals surface area contributed by atoms with Crippen LogP contribution in [0, 0.1) is 0 Å². The van der Waals surface area contributed by atoms with E-state index in [1.54, 1.807) is 7.11 Å². The Morgan fingerprint density at radius 3 is 2.39 bits per heavy atom. The van der Waals surface area contributed by atoms with Crippen LogP contribution >= 0.6 is 0 Å². The summed E-state index contributed by atoms with van der Waals surface area (Å²) in [6, 6.07) is 7.31. The van der Waals surface area contributed by atoms with Gasteiger partial charge in [-0.1, -0.05) is 38.1 Å². The molecule has 0 aliphatic rings. The molecule has 0 saturated heterocycles. The van der Waals surface area contributed by atoms with Crippen molar-refractivity contribution in [3.8, 4) is 0 Å². The summed E-state index contributed by atoms with van der Waals surface area (Å²) >= 11 is 0. The van der Waals surface area contributed by atoms with Crippen LogP contribution in [0.1, 0.15) is 48.5 Å². The molecule has 3 heteroatoms. The molecule has 0 fully saturated rings. The first-order chi connectivity index (χ1) is 8.56. The highest BCUT2D eigenvalue weighted by Crippen LogP contribution is 2.15. The second-order valence-corrected chi connectivity index (χ2v) is 4.88. The maximum absolute atomic E-state index is 12.1. The van der Waals surface area contributed by atoms with Gasteiger partial charge in [-0.15, -0.1) is 0 Å². The first kappa shape index (κ1) is 14.9. The minimum absolute atomic E-state index is 0.0152. The van der Waals surface area contributed by atoms with Crippen LogP contribution in [0.2, 0.25) is 0 Å². The van der Waals surface area contributed by atoms with E-state index in [1.807, 2.05) is 24.3 Å². The van der Waals surface area contributed by atoms with Gasteiger partial charge in [0.25, 0.3) is 0 Å². The van der Waals surface area contributed by atoms with Crippen molar-refractivity contribution in [3.63, 3.8) is 0 Å². The Hall–Kier alpha value is -1.19. The molecule has 1 rings (SSSR count). The molecule has 100 valence electrons. The van der Waals surface area contributed by atoms with Crippen molar-refractivity contribution < 1.29 is 9.53 Å². The van der Waals surface area contributed by atoms with Crippen molar-refractivity contribution in [3.05, 3.63) is 35.4 Å². The summed E-state index contributed by atoms with van der Waals surface area (Å²) in [5.74, 6) is 0.492. The summed E-state index contributed by atoms with van der Waals surface area (Å²) in [5, 5.41) is 0. The van der Waals surface area contributed by atoms with Gasteiger partial charge in [0.15, 0.2) is 5.78 Å². The minimum atomic E-state index is -0.426. The number of rotatable bonds is 7. The molecule has 0 aromatic heterocycles. The number of benzene rings is 1. The highest BCUT2D eigenvalue weighted by Gasteiger charge is 2.15. The molecule has 0 amide bonds. The average molecular weight is 249 g/mol. The summed E-state index contributed by atoms with van der Waals surface area (Å²) in [6.45, 7) is 4.91. The Morgan fingerprint density at radius 1 is 1.28 bits per heavy atom. The fraction of sp³-hybridized carbons (Fsp3) is 0.533. The van der Waals surface area contributed by atoms with Gasteiger partial charge in [-0.2, -0.15) is 0 Å². The SMILES string of the molecule is COCCCC(N)C(=O)c1ccc(C(C)C)cc1. The number of nitrogens with two attached hydrogens (primary N) is 1. The van der Waals surface area contributed by atoms with Gasteiger partial charge in [0.1, 0.15) is 0 Å². The second-order valence-electron chi connectivity index (χ2n) is 4.88. The lowest BCUT2D eigenvalue weighted by Gasteiger charge is -2.11. The molecule has 0 aliphatic carbocycles. The Kier molecular flexibility index (Phi) is 6.02. The van der Waals surface area contributed by atoms with Crippen molar-refractivity contribution in [2.75, 3.05) is 13.7 Å². The van der Waals surface area contributed by atoms with Gasteiger partial charge in [-0.05, 0) is 24.3 Å². The van der Waals surface area contributed by atoms with Gasteiger partial charge in [0, 0.05) is 19.3 Å². The second kappa shape index (κ2) is 7.29. The van der Waals surface area contributed by atoms with Crippen LogP contribution < -0.4 is 5.73 Å². The van der Waals surface area contributed by atoms with Crippen LogP contribution in [-0.2, 0) is 4.74 Å². The van der Waals surface area contributed by atoms with Gasteiger partial charge >= 0.3 is 0 Å². The smallest absolute Gasteiger partial charge is 0.179 e. The number of ketones is 1. The van der Waals surface area contributed by atoms with E-state index >= 15 is 0 Å². The Morgan fingerprint density at radius 2 is 1.89 bits per heavy atom. The maximum atomic E-state index is 12.1. The van der Waals surface area contributed by atoms with E-state index < -0.39 is 6.04 Å². The lowest BCUT2D eigenvalue weighted by atomic mass is 9.97. The number of Topliss-reactive ketones (excluding diaryl/α,β-unsaturated/α-hetero) is 1. The Balaban J connectivity index is 2.60. The molecular formula is C15H23NO2. The molecule has 1 unspecified atom stereocenters. The summed E-state index contributed by atoms with van der Waals surface area (Å²) in [5.41, 5.74) is 7.82. The fourth-order valence-corrected chi connectivity index (χ4v) is 1.83. The molecule has 18 heavy (non-hydrogen) atoms. The quantitative estimate of drug-likeness (QED) is 0.597. The maximum Gasteiger partial charge on any atom is 0.179 e. The zero-order valence-electron chi connectivity index (χ0n) is 11.5. The first-order valence-corrected chi connectivity index (χ1v) is 6.45. The molecule has 1 aromatic rings. The third-order valence-corrected chi connectivity index (χ3v) is 3.06. The van der Waals surface area contributed by atoms with E-state index in [2.05, 4.69) is 13.8 Å². The van der Waals surface area contributed by atoms with Crippen molar-refractivity contribution in [2.24, 2.45) is 5.73 Å². The number of methoxy groups -OCH3 is 1. The van der Waals surface area contributed by atoms with Crippen LogP contribution in [0.25, 0.3) is 0 Å². The zero-order valence-corrected chi connectivity index (χ0v) is 11.5. The fourth-order valence-electron chi connectivity index (χ4n) is 1.83.